The van der Waals surface area contributed by atoms with E-state index in [0.29, 0.717) is 30.5 Å². The lowest BCUT2D eigenvalue weighted by atomic mass is 10.2. The Morgan fingerprint density at radius 2 is 1.59 bits per heavy atom. The fourth-order valence-corrected chi connectivity index (χ4v) is 2.39. The molecular formula is C17H21N3O7. The number of amides is 3. The predicted molar refractivity (Wildman–Crippen MR) is 91.3 cm³/mol. The summed E-state index contributed by atoms with van der Waals surface area (Å²) in [7, 11) is 0. The molecule has 0 spiro atoms. The largest absolute Gasteiger partial charge is 0.492 e. The summed E-state index contributed by atoms with van der Waals surface area (Å²) in [6.07, 6.45) is 4.29. The van der Waals surface area contributed by atoms with Gasteiger partial charge >= 0.3 is 5.97 Å². The predicted octanol–water partition coefficient (Wildman–Crippen LogP) is -0.154. The van der Waals surface area contributed by atoms with Crippen molar-refractivity contribution in [1.29, 1.82) is 0 Å². The Labute approximate surface area is 155 Å². The number of nitrogens with zero attached hydrogens (tertiary/aromatic N) is 2. The van der Waals surface area contributed by atoms with E-state index < -0.39 is 17.8 Å². The molecular weight excluding hydrogens is 358 g/mol. The smallest absolute Gasteiger partial charge is 0.333 e. The maximum absolute atomic E-state index is 11.7. The van der Waals surface area contributed by atoms with E-state index >= 15 is 0 Å². The Hall–Kier alpha value is -3.30. The molecule has 0 bridgehead atoms. The number of carbonyl (C=O) groups is 4. The third kappa shape index (κ3) is 5.87. The molecule has 0 saturated heterocycles. The van der Waals surface area contributed by atoms with Crippen molar-refractivity contribution in [2.24, 2.45) is 0 Å². The van der Waals surface area contributed by atoms with E-state index in [1.54, 1.807) is 0 Å². The highest BCUT2D eigenvalue weighted by atomic mass is 16.7. The number of hydrogen-bond acceptors (Lipinski definition) is 7. The van der Waals surface area contributed by atoms with Crippen LogP contribution in [0.15, 0.2) is 24.3 Å². The lowest BCUT2D eigenvalue weighted by Crippen LogP contribution is -2.34. The number of imide groups is 1. The van der Waals surface area contributed by atoms with Gasteiger partial charge in [0, 0.05) is 50.2 Å². The van der Waals surface area contributed by atoms with Crippen molar-refractivity contribution < 1.29 is 34.2 Å². The highest BCUT2D eigenvalue weighted by Crippen LogP contribution is 2.19. The molecule has 10 nitrogen and oxygen atoms in total. The lowest BCUT2D eigenvalue weighted by Gasteiger charge is -2.13. The van der Waals surface area contributed by atoms with Gasteiger partial charge in [0.15, 0.2) is 0 Å². The Kier molecular flexibility index (Phi) is 6.98. The fourth-order valence-electron chi connectivity index (χ4n) is 2.39. The van der Waals surface area contributed by atoms with Gasteiger partial charge in [0.25, 0.3) is 11.8 Å². The average molecular weight is 379 g/mol. The maximum atomic E-state index is 11.7. The first-order valence-electron chi connectivity index (χ1n) is 8.49. The molecule has 2 heterocycles. The second-order valence-corrected chi connectivity index (χ2v) is 5.88. The molecule has 0 aromatic carbocycles. The Morgan fingerprint density at radius 3 is 2.22 bits per heavy atom. The quantitative estimate of drug-likeness (QED) is 0.379. The van der Waals surface area contributed by atoms with Crippen LogP contribution in [0.25, 0.3) is 0 Å². The average Bonchev–Trinajstić information content (AvgIpc) is 3.12. The van der Waals surface area contributed by atoms with Gasteiger partial charge in [-0.25, -0.2) is 4.79 Å². The number of rotatable bonds is 10. The topological polar surface area (TPSA) is 138 Å². The van der Waals surface area contributed by atoms with Gasteiger partial charge in [-0.2, -0.15) is 0 Å². The molecule has 3 amide bonds. The van der Waals surface area contributed by atoms with Gasteiger partial charge in [-0.1, -0.05) is 6.42 Å². The van der Waals surface area contributed by atoms with Crippen LogP contribution in [0.4, 0.5) is 0 Å². The van der Waals surface area contributed by atoms with Crippen LogP contribution in [0.5, 0.6) is 11.8 Å². The summed E-state index contributed by atoms with van der Waals surface area (Å²) in [5.41, 5.74) is 0. The molecule has 3 N–H and O–H groups in total. The van der Waals surface area contributed by atoms with Gasteiger partial charge in [-0.15, -0.1) is 4.73 Å². The molecule has 1 aromatic heterocycles. The summed E-state index contributed by atoms with van der Waals surface area (Å²) in [5.74, 6) is -2.45. The molecule has 1 aliphatic rings. The van der Waals surface area contributed by atoms with Crippen LogP contribution in [0, 0.1) is 0 Å². The van der Waals surface area contributed by atoms with Gasteiger partial charge in [-0.3, -0.25) is 19.3 Å². The molecule has 146 valence electrons. The van der Waals surface area contributed by atoms with E-state index in [-0.39, 0.29) is 37.1 Å². The third-order valence-electron chi connectivity index (χ3n) is 3.83. The van der Waals surface area contributed by atoms with Crippen LogP contribution < -0.4 is 10.2 Å². The second-order valence-electron chi connectivity index (χ2n) is 5.88. The SMILES string of the molecule is O=C(CCN1C(=O)C=CC1=O)NCCCCCC(=O)On1c(O)ccc1O. The van der Waals surface area contributed by atoms with Gasteiger partial charge in [0.05, 0.1) is 0 Å². The number of hydrogen-bond donors (Lipinski definition) is 3. The van der Waals surface area contributed by atoms with E-state index in [1.807, 2.05) is 0 Å². The first-order chi connectivity index (χ1) is 12.9. The summed E-state index contributed by atoms with van der Waals surface area (Å²) >= 11 is 0. The molecule has 0 saturated carbocycles. The molecule has 1 aliphatic heterocycles. The second kappa shape index (κ2) is 9.41. The monoisotopic (exact) mass is 379 g/mol. The minimum Gasteiger partial charge on any atom is -0.492 e. The molecule has 27 heavy (non-hydrogen) atoms. The van der Waals surface area contributed by atoms with Gasteiger partial charge in [-0.05, 0) is 12.8 Å². The summed E-state index contributed by atoms with van der Waals surface area (Å²) in [5, 5.41) is 21.4. The Balaban J connectivity index is 1.51. The van der Waals surface area contributed by atoms with Crippen LogP contribution in [0.3, 0.4) is 0 Å². The summed E-state index contributed by atoms with van der Waals surface area (Å²) in [4.78, 5) is 51.8. The van der Waals surface area contributed by atoms with E-state index in [2.05, 4.69) is 5.32 Å². The Morgan fingerprint density at radius 1 is 0.963 bits per heavy atom. The fraction of sp³-hybridized carbons (Fsp3) is 0.412. The van der Waals surface area contributed by atoms with Crippen molar-refractivity contribution in [3.63, 3.8) is 0 Å². The highest BCUT2D eigenvalue weighted by molar-refractivity contribution is 6.13. The van der Waals surface area contributed by atoms with Crippen LogP contribution in [-0.4, -0.2) is 56.6 Å². The molecule has 0 aliphatic carbocycles. The number of carbonyl (C=O) groups excluding carboxylic acids is 4. The lowest BCUT2D eigenvalue weighted by molar-refractivity contribution is -0.145. The zero-order valence-corrected chi connectivity index (χ0v) is 14.6. The first kappa shape index (κ1) is 20.0. The number of nitrogens with one attached hydrogen (secondary N) is 1. The number of aromatic nitrogens is 1. The van der Waals surface area contributed by atoms with E-state index in [9.17, 15) is 29.4 Å². The van der Waals surface area contributed by atoms with Crippen LogP contribution in [0.2, 0.25) is 0 Å². The molecule has 2 rings (SSSR count). The zero-order valence-electron chi connectivity index (χ0n) is 14.6. The molecule has 0 unspecified atom stereocenters. The van der Waals surface area contributed by atoms with Crippen molar-refractivity contribution >= 4 is 23.7 Å². The maximum Gasteiger partial charge on any atom is 0.333 e. The molecule has 0 fully saturated rings. The molecule has 1 aromatic rings. The molecule has 10 heteroatoms. The van der Waals surface area contributed by atoms with Crippen molar-refractivity contribution in [3.05, 3.63) is 24.3 Å². The minimum atomic E-state index is -0.602. The number of unbranched alkanes of at least 4 members (excludes halogenated alkanes) is 2. The highest BCUT2D eigenvalue weighted by Gasteiger charge is 2.23. The zero-order chi connectivity index (χ0) is 19.8. The van der Waals surface area contributed by atoms with Crippen molar-refractivity contribution in [2.45, 2.75) is 32.1 Å². The third-order valence-corrected chi connectivity index (χ3v) is 3.83. The summed E-state index contributed by atoms with van der Waals surface area (Å²) < 4.78 is 0.633. The van der Waals surface area contributed by atoms with Gasteiger partial charge in [0.1, 0.15) is 0 Å². The number of aromatic hydroxyl groups is 2. The van der Waals surface area contributed by atoms with E-state index in [0.717, 1.165) is 4.90 Å². The first-order valence-corrected chi connectivity index (χ1v) is 8.49. The van der Waals surface area contributed by atoms with E-state index in [1.165, 1.54) is 24.3 Å². The summed E-state index contributed by atoms with van der Waals surface area (Å²) in [6.45, 7) is 0.453. The Bertz CT molecular complexity index is 716. The van der Waals surface area contributed by atoms with Crippen molar-refractivity contribution in [3.8, 4) is 11.8 Å². The van der Waals surface area contributed by atoms with Crippen molar-refractivity contribution in [2.75, 3.05) is 13.1 Å². The van der Waals surface area contributed by atoms with Gasteiger partial charge in [0.2, 0.25) is 17.7 Å². The minimum absolute atomic E-state index is 0.0370. The van der Waals surface area contributed by atoms with Crippen LogP contribution in [-0.2, 0) is 19.2 Å². The van der Waals surface area contributed by atoms with E-state index in [4.69, 9.17) is 4.84 Å². The van der Waals surface area contributed by atoms with Crippen LogP contribution in [0.1, 0.15) is 32.1 Å². The molecule has 0 atom stereocenters. The standard InChI is InChI=1S/C17H21N3O7/c21-12(9-11-19-13(22)5-6-14(19)23)18-10-3-1-2-4-17(26)27-20-15(24)7-8-16(20)25/h5-8,24-25H,1-4,9-11H2,(H,18,21). The van der Waals surface area contributed by atoms with Crippen LogP contribution >= 0.6 is 0 Å². The van der Waals surface area contributed by atoms with Crippen molar-refractivity contribution in [1.82, 2.24) is 14.9 Å². The molecule has 0 radical (unpaired) electrons. The normalized spacial score (nSPS) is 13.3. The summed E-state index contributed by atoms with van der Waals surface area (Å²) in [6, 6.07) is 2.38. The van der Waals surface area contributed by atoms with Gasteiger partial charge < -0.3 is 20.4 Å².